The van der Waals surface area contributed by atoms with Gasteiger partial charge in [0.05, 0.1) is 40.7 Å². The lowest BCUT2D eigenvalue weighted by molar-refractivity contribution is 0.102. The number of hydrogen-bond donors (Lipinski definition) is 2. The molecule has 1 aliphatic heterocycles. The standard InChI is InChI=1S/C29H23N7O2S/c37-29(19-4-2-7-30-15-19)33-20-5-1-3-18(13-20)27-34-23-14-25(22-16-31-17-24-21(22)6-8-32-24)39-26(23)28(35-27)36-9-11-38-12-10-36/h1-8,13-17,32H,9-12H2,(H,33,37). The molecule has 1 aromatic carbocycles. The predicted octanol–water partition coefficient (Wildman–Crippen LogP) is 5.39. The molecular formula is C29H23N7O2S. The molecule has 9 nitrogen and oxygen atoms in total. The number of hydrogen-bond acceptors (Lipinski definition) is 8. The van der Waals surface area contributed by atoms with Crippen LogP contribution in [0, 0.1) is 0 Å². The molecule has 1 aliphatic rings. The number of morpholine rings is 1. The molecule has 0 atom stereocenters. The SMILES string of the molecule is O=C(Nc1cccc(-c2nc(N3CCOCC3)c3sc(-c4cncc5[nH]ccc45)cc3n2)c1)c1cccnc1. The van der Waals surface area contributed by atoms with Crippen LogP contribution in [0.5, 0.6) is 0 Å². The second-order valence-electron chi connectivity index (χ2n) is 9.20. The number of nitrogens with zero attached hydrogens (tertiary/aromatic N) is 5. The number of fused-ring (bicyclic) bond motifs is 2. The Balaban J connectivity index is 1.31. The van der Waals surface area contributed by atoms with Crippen molar-refractivity contribution in [2.75, 3.05) is 36.5 Å². The Labute approximate surface area is 227 Å². The summed E-state index contributed by atoms with van der Waals surface area (Å²) in [5.74, 6) is 1.28. The van der Waals surface area contributed by atoms with Crippen molar-refractivity contribution in [3.8, 4) is 21.8 Å². The number of nitrogens with one attached hydrogen (secondary N) is 2. The number of carbonyl (C=O) groups excluding carboxylic acids is 1. The Morgan fingerprint density at radius 3 is 2.79 bits per heavy atom. The summed E-state index contributed by atoms with van der Waals surface area (Å²) in [6.45, 7) is 2.83. The molecule has 0 saturated carbocycles. The zero-order chi connectivity index (χ0) is 26.2. The van der Waals surface area contributed by atoms with Crippen LogP contribution in [0.2, 0.25) is 0 Å². The minimum Gasteiger partial charge on any atom is -0.378 e. The number of carbonyl (C=O) groups is 1. The van der Waals surface area contributed by atoms with Gasteiger partial charge in [-0.3, -0.25) is 14.8 Å². The van der Waals surface area contributed by atoms with Gasteiger partial charge in [0.15, 0.2) is 11.6 Å². The molecule has 0 unspecified atom stereocenters. The number of thiophene rings is 1. The third-order valence-corrected chi connectivity index (χ3v) is 7.86. The third kappa shape index (κ3) is 4.49. The van der Waals surface area contributed by atoms with E-state index in [9.17, 15) is 4.79 Å². The van der Waals surface area contributed by atoms with Crippen LogP contribution in [-0.4, -0.2) is 57.1 Å². The van der Waals surface area contributed by atoms with Gasteiger partial charge >= 0.3 is 0 Å². The quantitative estimate of drug-likeness (QED) is 0.306. The zero-order valence-corrected chi connectivity index (χ0v) is 21.6. The molecule has 0 bridgehead atoms. The second kappa shape index (κ2) is 9.90. The second-order valence-corrected chi connectivity index (χ2v) is 10.3. The Morgan fingerprint density at radius 2 is 1.92 bits per heavy atom. The fraction of sp³-hybridized carbons (Fsp3) is 0.138. The molecule has 192 valence electrons. The number of aromatic nitrogens is 5. The van der Waals surface area contributed by atoms with E-state index < -0.39 is 0 Å². The lowest BCUT2D eigenvalue weighted by Crippen LogP contribution is -2.36. The van der Waals surface area contributed by atoms with E-state index >= 15 is 0 Å². The highest BCUT2D eigenvalue weighted by molar-refractivity contribution is 7.22. The summed E-state index contributed by atoms with van der Waals surface area (Å²) in [6, 6.07) is 15.3. The van der Waals surface area contributed by atoms with E-state index in [2.05, 4.69) is 37.3 Å². The minimum atomic E-state index is -0.222. The van der Waals surface area contributed by atoms with E-state index in [1.165, 1.54) is 0 Å². The van der Waals surface area contributed by atoms with Crippen LogP contribution >= 0.6 is 11.3 Å². The van der Waals surface area contributed by atoms with Crippen molar-refractivity contribution in [2.24, 2.45) is 0 Å². The Bertz CT molecular complexity index is 1810. The molecule has 1 amide bonds. The lowest BCUT2D eigenvalue weighted by Gasteiger charge is -2.28. The number of H-pyrrole nitrogens is 1. The molecule has 0 radical (unpaired) electrons. The first-order valence-electron chi connectivity index (χ1n) is 12.6. The van der Waals surface area contributed by atoms with Gasteiger partial charge in [0.1, 0.15) is 0 Å². The van der Waals surface area contributed by atoms with Crippen LogP contribution in [0.4, 0.5) is 11.5 Å². The maximum absolute atomic E-state index is 12.7. The van der Waals surface area contributed by atoms with Gasteiger partial charge in [-0.2, -0.15) is 0 Å². The summed E-state index contributed by atoms with van der Waals surface area (Å²) >= 11 is 1.68. The Kier molecular flexibility index (Phi) is 5.95. The van der Waals surface area contributed by atoms with Crippen molar-refractivity contribution >= 4 is 49.9 Å². The Morgan fingerprint density at radius 1 is 1.00 bits per heavy atom. The van der Waals surface area contributed by atoms with Gasteiger partial charge in [-0.1, -0.05) is 12.1 Å². The summed E-state index contributed by atoms with van der Waals surface area (Å²) < 4.78 is 6.64. The van der Waals surface area contributed by atoms with Gasteiger partial charge < -0.3 is 19.9 Å². The molecule has 0 spiro atoms. The average molecular weight is 534 g/mol. The number of aromatic amines is 1. The van der Waals surface area contributed by atoms with Gasteiger partial charge in [0.2, 0.25) is 0 Å². The molecular weight excluding hydrogens is 510 g/mol. The monoisotopic (exact) mass is 533 g/mol. The van der Waals surface area contributed by atoms with Crippen molar-refractivity contribution in [3.63, 3.8) is 0 Å². The van der Waals surface area contributed by atoms with Crippen LogP contribution in [0.3, 0.4) is 0 Å². The minimum absolute atomic E-state index is 0.222. The van der Waals surface area contributed by atoms with E-state index in [4.69, 9.17) is 14.7 Å². The molecule has 5 aromatic heterocycles. The number of amides is 1. The van der Waals surface area contributed by atoms with Gasteiger partial charge in [0, 0.05) is 65.0 Å². The normalized spacial score (nSPS) is 13.7. The summed E-state index contributed by atoms with van der Waals surface area (Å²) in [5.41, 5.74) is 4.90. The van der Waals surface area contributed by atoms with E-state index in [0.717, 1.165) is 56.0 Å². The number of benzene rings is 1. The van der Waals surface area contributed by atoms with Crippen LogP contribution < -0.4 is 10.2 Å². The topological polar surface area (TPSA) is 109 Å². The fourth-order valence-electron chi connectivity index (χ4n) is 4.78. The van der Waals surface area contributed by atoms with Crippen molar-refractivity contribution in [3.05, 3.63) is 85.1 Å². The molecule has 0 aliphatic carbocycles. The maximum Gasteiger partial charge on any atom is 0.257 e. The lowest BCUT2D eigenvalue weighted by atomic mass is 10.1. The number of pyridine rings is 2. The molecule has 10 heteroatoms. The van der Waals surface area contributed by atoms with Crippen LogP contribution in [0.1, 0.15) is 10.4 Å². The van der Waals surface area contributed by atoms with Crippen LogP contribution in [0.15, 0.2) is 79.5 Å². The highest BCUT2D eigenvalue weighted by Crippen LogP contribution is 2.40. The number of anilines is 2. The zero-order valence-electron chi connectivity index (χ0n) is 20.8. The summed E-state index contributed by atoms with van der Waals surface area (Å²) in [7, 11) is 0. The first-order valence-corrected chi connectivity index (χ1v) is 13.4. The van der Waals surface area contributed by atoms with E-state index in [-0.39, 0.29) is 5.91 Å². The average Bonchev–Trinajstić information content (AvgIpc) is 3.65. The van der Waals surface area contributed by atoms with Gasteiger partial charge in [-0.15, -0.1) is 11.3 Å². The summed E-state index contributed by atoms with van der Waals surface area (Å²) in [6.07, 6.45) is 8.85. The molecule has 6 aromatic rings. The molecule has 6 heterocycles. The van der Waals surface area contributed by atoms with Crippen molar-refractivity contribution in [2.45, 2.75) is 0 Å². The Hall–Kier alpha value is -4.67. The van der Waals surface area contributed by atoms with E-state index in [0.29, 0.717) is 30.3 Å². The fourth-order valence-corrected chi connectivity index (χ4v) is 5.92. The molecule has 1 fully saturated rings. The molecule has 2 N–H and O–H groups in total. The maximum atomic E-state index is 12.7. The highest BCUT2D eigenvalue weighted by atomic mass is 32.1. The smallest absolute Gasteiger partial charge is 0.257 e. The van der Waals surface area contributed by atoms with Gasteiger partial charge in [-0.25, -0.2) is 9.97 Å². The first-order chi connectivity index (χ1) is 19.2. The highest BCUT2D eigenvalue weighted by Gasteiger charge is 2.21. The van der Waals surface area contributed by atoms with Crippen molar-refractivity contribution in [1.82, 2.24) is 24.9 Å². The van der Waals surface area contributed by atoms with Crippen LogP contribution in [-0.2, 0) is 4.74 Å². The van der Waals surface area contributed by atoms with Crippen molar-refractivity contribution in [1.29, 1.82) is 0 Å². The molecule has 1 saturated heterocycles. The largest absolute Gasteiger partial charge is 0.378 e. The summed E-state index contributed by atoms with van der Waals surface area (Å²) in [4.78, 5) is 37.8. The van der Waals surface area contributed by atoms with E-state index in [1.54, 1.807) is 35.9 Å². The first kappa shape index (κ1) is 23.4. The van der Waals surface area contributed by atoms with Crippen LogP contribution in [0.25, 0.3) is 42.9 Å². The number of rotatable bonds is 5. The van der Waals surface area contributed by atoms with Gasteiger partial charge in [-0.05, 0) is 36.4 Å². The number of ether oxygens (including phenoxy) is 1. The molecule has 7 rings (SSSR count). The third-order valence-electron chi connectivity index (χ3n) is 6.71. The predicted molar refractivity (Wildman–Crippen MR) is 153 cm³/mol. The van der Waals surface area contributed by atoms with Gasteiger partial charge in [0.25, 0.3) is 5.91 Å². The summed E-state index contributed by atoms with van der Waals surface area (Å²) in [5, 5.41) is 4.07. The molecule has 39 heavy (non-hydrogen) atoms. The van der Waals surface area contributed by atoms with Crippen molar-refractivity contribution < 1.29 is 9.53 Å². The van der Waals surface area contributed by atoms with E-state index in [1.807, 2.05) is 42.9 Å².